The molecule has 4 aliphatic rings. The number of fused-ring (bicyclic) bond motifs is 1. The van der Waals surface area contributed by atoms with Crippen LogP contribution >= 0.6 is 0 Å². The third kappa shape index (κ3) is 9.11. The molecule has 0 radical (unpaired) electrons. The minimum Gasteiger partial charge on any atom is -0.390 e. The number of nitrogens with zero attached hydrogens (tertiary/aromatic N) is 3. The van der Waals surface area contributed by atoms with Gasteiger partial charge in [-0.2, -0.15) is 0 Å². The normalized spacial score (nSPS) is 26.4. The van der Waals surface area contributed by atoms with E-state index in [2.05, 4.69) is 60.4 Å². The molecule has 2 saturated carbocycles. The lowest BCUT2D eigenvalue weighted by molar-refractivity contribution is -0.122. The zero-order valence-corrected chi connectivity index (χ0v) is 36.1. The minimum atomic E-state index is -0.608. The summed E-state index contributed by atoms with van der Waals surface area (Å²) in [5.41, 5.74) is 8.30. The predicted molar refractivity (Wildman–Crippen MR) is 233 cm³/mol. The summed E-state index contributed by atoms with van der Waals surface area (Å²) in [5, 5.41) is 42.4. The Morgan fingerprint density at radius 2 is 1.31 bits per heavy atom. The first-order valence-electron chi connectivity index (χ1n) is 21.8. The van der Waals surface area contributed by atoms with Crippen molar-refractivity contribution >= 4 is 40.0 Å². The van der Waals surface area contributed by atoms with E-state index in [9.17, 15) is 24.6 Å². The minimum absolute atomic E-state index is 0.0508. The van der Waals surface area contributed by atoms with Gasteiger partial charge in [0.15, 0.2) is 0 Å². The second-order valence-electron chi connectivity index (χ2n) is 18.3. The van der Waals surface area contributed by atoms with Crippen molar-refractivity contribution in [2.75, 3.05) is 10.6 Å². The molecule has 2 aromatic carbocycles. The quantitative estimate of drug-likeness (QED) is 0.0891. The molecular formula is C47H59N7O7. The van der Waals surface area contributed by atoms with Crippen LogP contribution in [0.15, 0.2) is 51.5 Å². The van der Waals surface area contributed by atoms with Crippen molar-refractivity contribution in [3.63, 3.8) is 0 Å². The number of carbonyl (C=O) groups is 3. The standard InChI is InChI=1S/C24H29N3O3.C23H30N4O4/c1-14-23(15(2)30-26-14)16-4-6-20-17(12-16)13-21(19-5-7-22(28)25-19)27(20)18-8-10-24(3,29)11-9-18;1-13-21(14(2)31-27-13)15-4-5-17(24-16-8-10-23(3,30)11-9-16)19(12-15)26-22(29)18-6-7-20(28)25-18/h4,6,12-13,18-19,29H,5,7-11H2,1-3H3,(H,25,28);4-5,12,16,18,24,30H,6-11H2,1-3H3,(H,25,28)(H,26,29)/t18?,19-,24?;16?,18-,23?/m00/s1. The summed E-state index contributed by atoms with van der Waals surface area (Å²) in [6.45, 7) is 11.5. The van der Waals surface area contributed by atoms with E-state index < -0.39 is 17.2 Å². The summed E-state index contributed by atoms with van der Waals surface area (Å²) < 4.78 is 13.1. The molecule has 3 amide bonds. The third-order valence-electron chi connectivity index (χ3n) is 13.3. The van der Waals surface area contributed by atoms with Crippen LogP contribution in [0.5, 0.6) is 0 Å². The van der Waals surface area contributed by atoms with Crippen molar-refractivity contribution in [3.05, 3.63) is 71.1 Å². The number of hydrogen-bond donors (Lipinski definition) is 6. The number of aryl methyl sites for hydroxylation is 4. The van der Waals surface area contributed by atoms with Crippen molar-refractivity contribution in [1.82, 2.24) is 25.5 Å². The fourth-order valence-corrected chi connectivity index (χ4v) is 9.76. The maximum Gasteiger partial charge on any atom is 0.247 e. The van der Waals surface area contributed by atoms with E-state index >= 15 is 0 Å². The van der Waals surface area contributed by atoms with Gasteiger partial charge in [-0.3, -0.25) is 14.4 Å². The first-order chi connectivity index (χ1) is 29.0. The Morgan fingerprint density at radius 3 is 1.87 bits per heavy atom. The number of benzene rings is 2. The average Bonchev–Trinajstić information content (AvgIpc) is 4.06. The Bertz CT molecular complexity index is 2400. The van der Waals surface area contributed by atoms with Crippen LogP contribution in [0.4, 0.5) is 11.4 Å². The number of amides is 3. The van der Waals surface area contributed by atoms with Crippen molar-refractivity contribution in [2.45, 2.75) is 154 Å². The van der Waals surface area contributed by atoms with Gasteiger partial charge in [-0.15, -0.1) is 0 Å². The summed E-state index contributed by atoms with van der Waals surface area (Å²) >= 11 is 0. The Balaban J connectivity index is 0.000000168. The zero-order chi connectivity index (χ0) is 43.2. The van der Waals surface area contributed by atoms with Crippen LogP contribution < -0.4 is 21.3 Å². The molecular weight excluding hydrogens is 775 g/mol. The molecule has 5 heterocycles. The summed E-state index contributed by atoms with van der Waals surface area (Å²) in [7, 11) is 0. The maximum absolute atomic E-state index is 12.8. The monoisotopic (exact) mass is 833 g/mol. The third-order valence-corrected chi connectivity index (χ3v) is 13.3. The lowest BCUT2D eigenvalue weighted by Crippen LogP contribution is -2.38. The molecule has 9 rings (SSSR count). The largest absolute Gasteiger partial charge is 0.390 e. The molecule has 14 heteroatoms. The second-order valence-corrected chi connectivity index (χ2v) is 18.3. The van der Waals surface area contributed by atoms with Crippen LogP contribution in [0.3, 0.4) is 0 Å². The van der Waals surface area contributed by atoms with Crippen LogP contribution in [0, 0.1) is 27.7 Å². The molecule has 4 fully saturated rings. The van der Waals surface area contributed by atoms with Gasteiger partial charge in [0.05, 0.1) is 40.0 Å². The lowest BCUT2D eigenvalue weighted by Gasteiger charge is -2.35. The smallest absolute Gasteiger partial charge is 0.247 e. The van der Waals surface area contributed by atoms with Crippen LogP contribution in [0.2, 0.25) is 0 Å². The first kappa shape index (κ1) is 42.2. The summed E-state index contributed by atoms with van der Waals surface area (Å²) in [4.78, 5) is 36.3. The van der Waals surface area contributed by atoms with Crippen LogP contribution in [0.1, 0.15) is 132 Å². The highest BCUT2D eigenvalue weighted by atomic mass is 16.5. The number of rotatable bonds is 8. The maximum atomic E-state index is 12.8. The fourth-order valence-electron chi connectivity index (χ4n) is 9.76. The number of aromatic nitrogens is 3. The van der Waals surface area contributed by atoms with Gasteiger partial charge in [0.2, 0.25) is 17.7 Å². The van der Waals surface area contributed by atoms with Gasteiger partial charge in [0.25, 0.3) is 0 Å². The molecule has 2 saturated heterocycles. The molecule has 2 aliphatic carbocycles. The van der Waals surface area contributed by atoms with E-state index in [1.165, 1.54) is 16.6 Å². The van der Waals surface area contributed by atoms with E-state index in [4.69, 9.17) is 9.05 Å². The van der Waals surface area contributed by atoms with Gasteiger partial charge in [-0.1, -0.05) is 22.4 Å². The van der Waals surface area contributed by atoms with Crippen molar-refractivity contribution in [3.8, 4) is 22.3 Å². The van der Waals surface area contributed by atoms with Gasteiger partial charge in [0.1, 0.15) is 17.6 Å². The Labute approximate surface area is 356 Å². The van der Waals surface area contributed by atoms with Crippen molar-refractivity contribution in [1.29, 1.82) is 0 Å². The molecule has 0 unspecified atom stereocenters. The van der Waals surface area contributed by atoms with Crippen LogP contribution in [-0.4, -0.2) is 66.1 Å². The van der Waals surface area contributed by atoms with Crippen LogP contribution in [0.25, 0.3) is 33.2 Å². The Hall–Kier alpha value is -5.47. The SMILES string of the molecule is Cc1noc(C)c1-c1ccc(NC2CCC(C)(O)CC2)c(NC(=O)[C@@H]2CCC(=O)N2)c1.Cc1noc(C)c1-c1ccc2c(c1)cc([C@@H]1CCC(=O)N1)n2C1CCC(C)(O)CC1. The molecule has 2 atom stereocenters. The first-order valence-corrected chi connectivity index (χ1v) is 21.8. The summed E-state index contributed by atoms with van der Waals surface area (Å²) in [5.74, 6) is 1.34. The number of nitrogens with one attached hydrogen (secondary N) is 4. The van der Waals surface area contributed by atoms with E-state index in [-0.39, 0.29) is 29.8 Å². The van der Waals surface area contributed by atoms with E-state index in [0.29, 0.717) is 36.8 Å². The highest BCUT2D eigenvalue weighted by molar-refractivity contribution is 6.01. The molecule has 324 valence electrons. The molecule has 61 heavy (non-hydrogen) atoms. The molecule has 6 N–H and O–H groups in total. The number of carbonyl (C=O) groups excluding carboxylic acids is 3. The number of anilines is 2. The van der Waals surface area contributed by atoms with E-state index in [1.807, 2.05) is 59.7 Å². The van der Waals surface area contributed by atoms with Crippen molar-refractivity contribution in [2.24, 2.45) is 0 Å². The second kappa shape index (κ2) is 16.8. The average molecular weight is 834 g/mol. The molecule has 0 bridgehead atoms. The van der Waals surface area contributed by atoms with Gasteiger partial charge < -0.3 is 45.1 Å². The Kier molecular flexibility index (Phi) is 11.6. The highest BCUT2D eigenvalue weighted by Crippen LogP contribution is 2.42. The zero-order valence-electron chi connectivity index (χ0n) is 36.1. The summed E-state index contributed by atoms with van der Waals surface area (Å²) in [6, 6.07) is 14.7. The lowest BCUT2D eigenvalue weighted by atomic mass is 9.83. The molecule has 3 aromatic heterocycles. The van der Waals surface area contributed by atoms with Gasteiger partial charge >= 0.3 is 0 Å². The number of aliphatic hydroxyl groups is 2. The van der Waals surface area contributed by atoms with Gasteiger partial charge in [-0.25, -0.2) is 0 Å². The highest BCUT2D eigenvalue weighted by Gasteiger charge is 2.34. The molecule has 5 aromatic rings. The Morgan fingerprint density at radius 1 is 0.738 bits per heavy atom. The summed E-state index contributed by atoms with van der Waals surface area (Å²) in [6.07, 6.45) is 8.91. The molecule has 14 nitrogen and oxygen atoms in total. The number of hydrogen-bond acceptors (Lipinski definition) is 10. The van der Waals surface area contributed by atoms with Crippen LogP contribution in [-0.2, 0) is 14.4 Å². The molecule has 2 aliphatic heterocycles. The van der Waals surface area contributed by atoms with E-state index in [0.717, 1.165) is 103 Å². The topological polar surface area (TPSA) is 197 Å². The predicted octanol–water partition coefficient (Wildman–Crippen LogP) is 8.01. The van der Waals surface area contributed by atoms with Gasteiger partial charge in [0, 0.05) is 52.6 Å². The van der Waals surface area contributed by atoms with E-state index in [1.54, 1.807) is 0 Å². The molecule has 0 spiro atoms. The van der Waals surface area contributed by atoms with Crippen molar-refractivity contribution < 1.29 is 33.6 Å². The van der Waals surface area contributed by atoms with Gasteiger partial charge in [-0.05, 0) is 147 Å². The fraction of sp³-hybridized carbons (Fsp3) is 0.511.